The molecule has 0 saturated heterocycles. The van der Waals surface area contributed by atoms with E-state index in [4.69, 9.17) is 0 Å². The summed E-state index contributed by atoms with van der Waals surface area (Å²) in [6, 6.07) is 10.2. The summed E-state index contributed by atoms with van der Waals surface area (Å²) in [7, 11) is 0. The van der Waals surface area contributed by atoms with Crippen LogP contribution in [0.5, 0.6) is 0 Å². The van der Waals surface area contributed by atoms with Gasteiger partial charge >= 0.3 is 0 Å². The molecule has 1 heterocycles. The van der Waals surface area contributed by atoms with Crippen LogP contribution >= 0.6 is 0 Å². The summed E-state index contributed by atoms with van der Waals surface area (Å²) in [6.07, 6.45) is 2.33. The van der Waals surface area contributed by atoms with Crippen molar-refractivity contribution < 1.29 is 4.79 Å². The number of aryl methyl sites for hydroxylation is 2. The molecule has 2 aromatic rings. The van der Waals surface area contributed by atoms with Crippen molar-refractivity contribution in [1.82, 2.24) is 9.97 Å². The van der Waals surface area contributed by atoms with Crippen molar-refractivity contribution >= 4 is 17.4 Å². The Kier molecular flexibility index (Phi) is 4.28. The van der Waals surface area contributed by atoms with Crippen molar-refractivity contribution in [3.05, 3.63) is 47.4 Å². The molecule has 3 rings (SSSR count). The molecule has 0 bridgehead atoms. The van der Waals surface area contributed by atoms with Crippen LogP contribution in [0.1, 0.15) is 41.6 Å². The fourth-order valence-corrected chi connectivity index (χ4v) is 2.57. The fourth-order valence-electron chi connectivity index (χ4n) is 2.57. The van der Waals surface area contributed by atoms with Gasteiger partial charge in [0.25, 0.3) is 5.91 Å². The summed E-state index contributed by atoms with van der Waals surface area (Å²) >= 11 is 0. The molecule has 1 N–H and O–H groups in total. The molecular formula is C18H22N4O. The van der Waals surface area contributed by atoms with Crippen LogP contribution in [-0.2, 0) is 0 Å². The van der Waals surface area contributed by atoms with Gasteiger partial charge in [-0.2, -0.15) is 0 Å². The lowest BCUT2D eigenvalue weighted by molar-refractivity contribution is 0.0983. The summed E-state index contributed by atoms with van der Waals surface area (Å²) in [4.78, 5) is 23.4. The quantitative estimate of drug-likeness (QED) is 0.920. The number of carbonyl (C=O) groups is 1. The van der Waals surface area contributed by atoms with E-state index in [0.29, 0.717) is 24.1 Å². The first kappa shape index (κ1) is 15.5. The van der Waals surface area contributed by atoms with Gasteiger partial charge in [-0.3, -0.25) is 4.79 Å². The molecule has 0 atom stereocenters. The number of nitrogens with one attached hydrogen (secondary N) is 1. The zero-order chi connectivity index (χ0) is 16.4. The number of hydrogen-bond acceptors (Lipinski definition) is 4. The highest BCUT2D eigenvalue weighted by Gasteiger charge is 2.23. The van der Waals surface area contributed by atoms with Crippen LogP contribution in [0, 0.1) is 13.8 Å². The van der Waals surface area contributed by atoms with E-state index >= 15 is 0 Å². The third-order valence-electron chi connectivity index (χ3n) is 3.86. The standard InChI is InChI=1S/C18H22N4O/c1-4-22(15-7-5-6-12(2)10-15)18(23)16-11-17(20-13(3)19-16)21-14-8-9-14/h5-7,10-11,14H,4,8-9H2,1-3H3,(H,19,20,21). The minimum atomic E-state index is -0.0950. The van der Waals surface area contributed by atoms with Gasteiger partial charge in [-0.15, -0.1) is 0 Å². The van der Waals surface area contributed by atoms with Crippen LogP contribution in [-0.4, -0.2) is 28.5 Å². The maximum atomic E-state index is 12.9. The first-order chi connectivity index (χ1) is 11.1. The maximum Gasteiger partial charge on any atom is 0.277 e. The van der Waals surface area contributed by atoms with E-state index in [1.807, 2.05) is 45.0 Å². The molecule has 1 aromatic heterocycles. The molecule has 120 valence electrons. The van der Waals surface area contributed by atoms with Crippen molar-refractivity contribution in [3.63, 3.8) is 0 Å². The van der Waals surface area contributed by atoms with Gasteiger partial charge in [0.15, 0.2) is 0 Å². The highest BCUT2D eigenvalue weighted by atomic mass is 16.2. The van der Waals surface area contributed by atoms with Gasteiger partial charge in [0, 0.05) is 24.3 Å². The number of hydrogen-bond donors (Lipinski definition) is 1. The largest absolute Gasteiger partial charge is 0.367 e. The van der Waals surface area contributed by atoms with Crippen LogP contribution in [0.3, 0.4) is 0 Å². The molecule has 5 nitrogen and oxygen atoms in total. The van der Waals surface area contributed by atoms with Gasteiger partial charge in [-0.25, -0.2) is 9.97 Å². The molecule has 1 aliphatic carbocycles. The predicted octanol–water partition coefficient (Wildman–Crippen LogP) is 3.33. The van der Waals surface area contributed by atoms with Gasteiger partial charge < -0.3 is 10.2 Å². The number of aromatic nitrogens is 2. The molecule has 0 unspecified atom stereocenters. The summed E-state index contributed by atoms with van der Waals surface area (Å²) < 4.78 is 0. The topological polar surface area (TPSA) is 58.1 Å². The molecule has 1 aliphatic rings. The monoisotopic (exact) mass is 310 g/mol. The Morgan fingerprint density at radius 1 is 1.26 bits per heavy atom. The van der Waals surface area contributed by atoms with Gasteiger partial charge in [0.05, 0.1) is 0 Å². The Hall–Kier alpha value is -2.43. The minimum Gasteiger partial charge on any atom is -0.367 e. The van der Waals surface area contributed by atoms with E-state index in [-0.39, 0.29) is 5.91 Å². The number of amides is 1. The Morgan fingerprint density at radius 2 is 2.04 bits per heavy atom. The molecule has 0 radical (unpaired) electrons. The van der Waals surface area contributed by atoms with Crippen molar-refractivity contribution in [1.29, 1.82) is 0 Å². The zero-order valence-electron chi connectivity index (χ0n) is 13.8. The molecule has 1 amide bonds. The number of nitrogens with zero attached hydrogens (tertiary/aromatic N) is 3. The Labute approximate surface area is 136 Å². The minimum absolute atomic E-state index is 0.0950. The second kappa shape index (κ2) is 6.36. The molecule has 5 heteroatoms. The lowest BCUT2D eigenvalue weighted by Crippen LogP contribution is -2.31. The first-order valence-electron chi connectivity index (χ1n) is 8.07. The molecule has 1 fully saturated rings. The van der Waals surface area contributed by atoms with Crippen LogP contribution in [0.2, 0.25) is 0 Å². The summed E-state index contributed by atoms with van der Waals surface area (Å²) in [6.45, 7) is 6.40. The normalized spacial score (nSPS) is 13.7. The van der Waals surface area contributed by atoms with Gasteiger partial charge in [-0.1, -0.05) is 12.1 Å². The van der Waals surface area contributed by atoms with Crippen LogP contribution in [0.4, 0.5) is 11.5 Å². The second-order valence-electron chi connectivity index (χ2n) is 5.99. The van der Waals surface area contributed by atoms with E-state index in [0.717, 1.165) is 29.9 Å². The number of benzene rings is 1. The van der Waals surface area contributed by atoms with E-state index in [2.05, 4.69) is 15.3 Å². The molecule has 1 saturated carbocycles. The maximum absolute atomic E-state index is 12.9. The van der Waals surface area contributed by atoms with E-state index in [9.17, 15) is 4.79 Å². The Bertz CT molecular complexity index is 725. The first-order valence-corrected chi connectivity index (χ1v) is 8.07. The molecule has 23 heavy (non-hydrogen) atoms. The lowest BCUT2D eigenvalue weighted by Gasteiger charge is -2.21. The van der Waals surface area contributed by atoms with Crippen LogP contribution < -0.4 is 10.2 Å². The van der Waals surface area contributed by atoms with Gasteiger partial charge in [0.2, 0.25) is 0 Å². The van der Waals surface area contributed by atoms with Gasteiger partial charge in [0.1, 0.15) is 17.3 Å². The molecule has 0 aliphatic heterocycles. The van der Waals surface area contributed by atoms with Crippen molar-refractivity contribution in [2.45, 2.75) is 39.7 Å². The van der Waals surface area contributed by atoms with Crippen molar-refractivity contribution in [2.75, 3.05) is 16.8 Å². The van der Waals surface area contributed by atoms with E-state index < -0.39 is 0 Å². The number of rotatable bonds is 5. The van der Waals surface area contributed by atoms with Crippen molar-refractivity contribution in [3.8, 4) is 0 Å². The number of anilines is 2. The van der Waals surface area contributed by atoms with Crippen molar-refractivity contribution in [2.24, 2.45) is 0 Å². The van der Waals surface area contributed by atoms with E-state index in [1.165, 1.54) is 0 Å². The highest BCUT2D eigenvalue weighted by molar-refractivity contribution is 6.05. The molecular weight excluding hydrogens is 288 g/mol. The zero-order valence-corrected chi connectivity index (χ0v) is 13.8. The average molecular weight is 310 g/mol. The summed E-state index contributed by atoms with van der Waals surface area (Å²) in [5.74, 6) is 1.25. The average Bonchev–Trinajstić information content (AvgIpc) is 3.31. The predicted molar refractivity (Wildman–Crippen MR) is 91.9 cm³/mol. The Balaban J connectivity index is 1.89. The van der Waals surface area contributed by atoms with E-state index in [1.54, 1.807) is 11.0 Å². The van der Waals surface area contributed by atoms with Crippen LogP contribution in [0.25, 0.3) is 0 Å². The van der Waals surface area contributed by atoms with Gasteiger partial charge in [-0.05, 0) is 51.3 Å². The molecule has 0 spiro atoms. The third-order valence-corrected chi connectivity index (χ3v) is 3.86. The summed E-state index contributed by atoms with van der Waals surface area (Å²) in [5.41, 5.74) is 2.46. The summed E-state index contributed by atoms with van der Waals surface area (Å²) in [5, 5.41) is 3.34. The SMILES string of the molecule is CCN(C(=O)c1cc(NC2CC2)nc(C)n1)c1cccc(C)c1. The second-order valence-corrected chi connectivity index (χ2v) is 5.99. The Morgan fingerprint density at radius 3 is 2.70 bits per heavy atom. The van der Waals surface area contributed by atoms with Crippen LogP contribution in [0.15, 0.2) is 30.3 Å². The lowest BCUT2D eigenvalue weighted by atomic mass is 10.2. The third kappa shape index (κ3) is 3.67. The highest BCUT2D eigenvalue weighted by Crippen LogP contribution is 2.24. The smallest absolute Gasteiger partial charge is 0.277 e. The molecule has 1 aromatic carbocycles. The fraction of sp³-hybridized carbons (Fsp3) is 0.389. The number of carbonyl (C=O) groups excluding carboxylic acids is 1.